The van der Waals surface area contributed by atoms with Crippen molar-refractivity contribution in [3.63, 3.8) is 0 Å². The van der Waals surface area contributed by atoms with Gasteiger partial charge in [0.1, 0.15) is 0 Å². The van der Waals surface area contributed by atoms with Gasteiger partial charge in [0, 0.05) is 6.61 Å². The van der Waals surface area contributed by atoms with Crippen LogP contribution in [0.3, 0.4) is 0 Å². The van der Waals surface area contributed by atoms with E-state index in [4.69, 9.17) is 10.5 Å². The molecule has 0 spiro atoms. The summed E-state index contributed by atoms with van der Waals surface area (Å²) >= 11 is 0. The zero-order valence-electron chi connectivity index (χ0n) is 11.1. The highest BCUT2D eigenvalue weighted by atomic mass is 16.5. The van der Waals surface area contributed by atoms with Crippen molar-refractivity contribution in [3.8, 4) is 0 Å². The zero-order valence-corrected chi connectivity index (χ0v) is 11.1. The fourth-order valence-corrected chi connectivity index (χ4v) is 1.23. The predicted molar refractivity (Wildman–Crippen MR) is 66.1 cm³/mol. The fourth-order valence-electron chi connectivity index (χ4n) is 1.23. The van der Waals surface area contributed by atoms with Crippen LogP contribution in [-0.4, -0.2) is 31.2 Å². The van der Waals surface area contributed by atoms with Crippen LogP contribution in [-0.2, 0) is 9.53 Å². The first-order valence-corrected chi connectivity index (χ1v) is 6.03. The van der Waals surface area contributed by atoms with Gasteiger partial charge in [-0.25, -0.2) is 0 Å². The lowest BCUT2D eigenvalue weighted by Gasteiger charge is -2.25. The third kappa shape index (κ3) is 5.47. The highest BCUT2D eigenvalue weighted by molar-refractivity contribution is 5.82. The van der Waals surface area contributed by atoms with Gasteiger partial charge in [-0.2, -0.15) is 0 Å². The van der Waals surface area contributed by atoms with E-state index in [1.807, 2.05) is 20.8 Å². The van der Waals surface area contributed by atoms with Gasteiger partial charge in [-0.1, -0.05) is 27.7 Å². The molecule has 0 saturated heterocycles. The number of nitrogens with two attached hydrogens (primary N) is 1. The van der Waals surface area contributed by atoms with Crippen LogP contribution in [0.5, 0.6) is 0 Å². The normalized spacial score (nSPS) is 15.2. The van der Waals surface area contributed by atoms with Crippen LogP contribution in [0.15, 0.2) is 0 Å². The Balaban J connectivity index is 4.23. The van der Waals surface area contributed by atoms with Gasteiger partial charge in [0.05, 0.1) is 18.7 Å². The van der Waals surface area contributed by atoms with Gasteiger partial charge in [-0.3, -0.25) is 4.79 Å². The second-order valence-electron chi connectivity index (χ2n) is 4.79. The molecule has 0 bridgehead atoms. The smallest absolute Gasteiger partial charge is 0.237 e. The maximum Gasteiger partial charge on any atom is 0.237 e. The van der Waals surface area contributed by atoms with Gasteiger partial charge >= 0.3 is 0 Å². The topological polar surface area (TPSA) is 64.3 Å². The Morgan fingerprint density at radius 1 is 1.25 bits per heavy atom. The van der Waals surface area contributed by atoms with E-state index in [9.17, 15) is 4.79 Å². The monoisotopic (exact) mass is 230 g/mol. The van der Waals surface area contributed by atoms with Crippen LogP contribution in [0, 0.1) is 11.8 Å². The van der Waals surface area contributed by atoms with Crippen molar-refractivity contribution >= 4 is 5.91 Å². The lowest BCUT2D eigenvalue weighted by Crippen LogP contribution is -2.50. The largest absolute Gasteiger partial charge is 0.380 e. The summed E-state index contributed by atoms with van der Waals surface area (Å²) in [5, 5.41) is 2.94. The predicted octanol–water partition coefficient (Wildman–Crippen LogP) is 1.15. The molecule has 4 nitrogen and oxygen atoms in total. The van der Waals surface area contributed by atoms with Crippen molar-refractivity contribution in [2.24, 2.45) is 17.6 Å². The minimum Gasteiger partial charge on any atom is -0.380 e. The van der Waals surface area contributed by atoms with E-state index >= 15 is 0 Å². The van der Waals surface area contributed by atoms with Gasteiger partial charge in [0.25, 0.3) is 0 Å². The van der Waals surface area contributed by atoms with Crippen LogP contribution in [0.1, 0.15) is 34.6 Å². The molecule has 0 aliphatic carbocycles. The summed E-state index contributed by atoms with van der Waals surface area (Å²) in [5.41, 5.74) is 5.78. The maximum atomic E-state index is 11.8. The van der Waals surface area contributed by atoms with E-state index in [0.29, 0.717) is 19.1 Å². The Labute approximate surface area is 98.9 Å². The van der Waals surface area contributed by atoms with Crippen LogP contribution >= 0.6 is 0 Å². The molecule has 0 fully saturated rings. The summed E-state index contributed by atoms with van der Waals surface area (Å²) in [5.74, 6) is 0.406. The first-order valence-electron chi connectivity index (χ1n) is 6.03. The van der Waals surface area contributed by atoms with Crippen molar-refractivity contribution < 1.29 is 9.53 Å². The molecular formula is C12H26N2O2. The van der Waals surface area contributed by atoms with Crippen molar-refractivity contribution in [1.29, 1.82) is 0 Å². The molecule has 0 rings (SSSR count). The Morgan fingerprint density at radius 3 is 2.19 bits per heavy atom. The molecule has 16 heavy (non-hydrogen) atoms. The molecule has 4 heteroatoms. The Bertz CT molecular complexity index is 205. The Hall–Kier alpha value is -0.610. The van der Waals surface area contributed by atoms with E-state index in [1.165, 1.54) is 0 Å². The number of hydrogen-bond donors (Lipinski definition) is 2. The number of carbonyl (C=O) groups excluding carboxylic acids is 1. The summed E-state index contributed by atoms with van der Waals surface area (Å²) < 4.78 is 5.34. The molecule has 0 aliphatic rings. The second-order valence-corrected chi connectivity index (χ2v) is 4.79. The number of hydrogen-bond acceptors (Lipinski definition) is 3. The highest BCUT2D eigenvalue weighted by Gasteiger charge is 2.22. The van der Waals surface area contributed by atoms with Crippen molar-refractivity contribution in [2.45, 2.75) is 46.7 Å². The van der Waals surface area contributed by atoms with E-state index in [-0.39, 0.29) is 17.9 Å². The van der Waals surface area contributed by atoms with E-state index < -0.39 is 6.04 Å². The molecule has 0 heterocycles. The lowest BCUT2D eigenvalue weighted by molar-refractivity contribution is -0.124. The van der Waals surface area contributed by atoms with E-state index in [0.717, 1.165) is 0 Å². The van der Waals surface area contributed by atoms with Gasteiger partial charge in [-0.05, 0) is 18.8 Å². The number of nitrogens with one attached hydrogen (secondary N) is 1. The van der Waals surface area contributed by atoms with Crippen LogP contribution in [0.25, 0.3) is 0 Å². The zero-order chi connectivity index (χ0) is 12.7. The Kier molecular flexibility index (Phi) is 7.34. The van der Waals surface area contributed by atoms with Gasteiger partial charge < -0.3 is 15.8 Å². The molecule has 3 N–H and O–H groups in total. The molecule has 1 amide bonds. The summed E-state index contributed by atoms with van der Waals surface area (Å²) in [6.07, 6.45) is 0. The molecule has 96 valence electrons. The minimum atomic E-state index is -0.442. The maximum absolute atomic E-state index is 11.8. The number of rotatable bonds is 7. The summed E-state index contributed by atoms with van der Waals surface area (Å²) in [6.45, 7) is 11.2. The summed E-state index contributed by atoms with van der Waals surface area (Å²) in [4.78, 5) is 11.8. The van der Waals surface area contributed by atoms with Gasteiger partial charge in [-0.15, -0.1) is 0 Å². The third-order valence-corrected chi connectivity index (χ3v) is 2.65. The molecule has 0 saturated carbocycles. The fraction of sp³-hybridized carbons (Fsp3) is 0.917. The quantitative estimate of drug-likeness (QED) is 0.689. The third-order valence-electron chi connectivity index (χ3n) is 2.65. The van der Waals surface area contributed by atoms with Crippen molar-refractivity contribution in [2.75, 3.05) is 13.2 Å². The summed E-state index contributed by atoms with van der Waals surface area (Å²) in [7, 11) is 0. The molecular weight excluding hydrogens is 204 g/mol. The van der Waals surface area contributed by atoms with Gasteiger partial charge in [0.15, 0.2) is 0 Å². The first-order chi connectivity index (χ1) is 7.40. The van der Waals surface area contributed by atoms with Crippen molar-refractivity contribution in [3.05, 3.63) is 0 Å². The second kappa shape index (κ2) is 7.63. The van der Waals surface area contributed by atoms with Crippen LogP contribution in [0.4, 0.5) is 0 Å². The lowest BCUT2D eigenvalue weighted by atomic mass is 10.0. The van der Waals surface area contributed by atoms with Crippen LogP contribution in [0.2, 0.25) is 0 Å². The molecule has 0 aromatic rings. The average Bonchev–Trinajstić information content (AvgIpc) is 2.21. The number of carbonyl (C=O) groups is 1. The van der Waals surface area contributed by atoms with E-state index in [2.05, 4.69) is 19.2 Å². The summed E-state index contributed by atoms with van der Waals surface area (Å²) in [6, 6.07) is -0.403. The standard InChI is InChI=1S/C12H26N2O2/c1-6-16-7-10(8(2)3)14-12(15)11(13)9(4)5/h8-11H,6-7,13H2,1-5H3,(H,14,15)/t10?,11-/m1/s1. The SMILES string of the molecule is CCOCC(NC(=O)[C@H](N)C(C)C)C(C)C. The molecule has 0 aromatic carbocycles. The molecule has 2 atom stereocenters. The number of amides is 1. The molecule has 0 aliphatic heterocycles. The first kappa shape index (κ1) is 15.4. The van der Waals surface area contributed by atoms with Crippen molar-refractivity contribution in [1.82, 2.24) is 5.32 Å². The van der Waals surface area contributed by atoms with E-state index in [1.54, 1.807) is 0 Å². The average molecular weight is 230 g/mol. The molecule has 0 aromatic heterocycles. The Morgan fingerprint density at radius 2 is 1.81 bits per heavy atom. The minimum absolute atomic E-state index is 0.0391. The molecule has 1 unspecified atom stereocenters. The van der Waals surface area contributed by atoms with Gasteiger partial charge in [0.2, 0.25) is 5.91 Å². The highest BCUT2D eigenvalue weighted by Crippen LogP contribution is 2.05. The van der Waals surface area contributed by atoms with Crippen LogP contribution < -0.4 is 11.1 Å². The number of ether oxygens (including phenoxy) is 1. The molecule has 0 radical (unpaired) electrons.